The third-order valence-electron chi connectivity index (χ3n) is 5.53. The molecule has 0 spiro atoms. The van der Waals surface area contributed by atoms with Gasteiger partial charge in [-0.1, -0.05) is 0 Å². The van der Waals surface area contributed by atoms with Crippen molar-refractivity contribution in [3.63, 3.8) is 0 Å². The molecule has 164 valence electrons. The first-order valence-corrected chi connectivity index (χ1v) is 10.2. The second kappa shape index (κ2) is 9.69. The fraction of sp³-hybridized carbons (Fsp3) is 0.571. The Morgan fingerprint density at radius 1 is 1.13 bits per heavy atom. The molecule has 0 bridgehead atoms. The van der Waals surface area contributed by atoms with Gasteiger partial charge in [0.05, 0.1) is 32.8 Å². The van der Waals surface area contributed by atoms with E-state index in [-0.39, 0.29) is 36.3 Å². The van der Waals surface area contributed by atoms with Crippen LogP contribution in [0.3, 0.4) is 0 Å². The summed E-state index contributed by atoms with van der Waals surface area (Å²) >= 11 is 0. The molecule has 0 radical (unpaired) electrons. The molecule has 0 aromatic heterocycles. The summed E-state index contributed by atoms with van der Waals surface area (Å²) in [5, 5.41) is 2.95. The molecule has 1 aromatic carbocycles. The highest BCUT2D eigenvalue weighted by atomic mass is 16.5. The van der Waals surface area contributed by atoms with Crippen molar-refractivity contribution in [2.24, 2.45) is 5.92 Å². The molecule has 3 rings (SSSR count). The summed E-state index contributed by atoms with van der Waals surface area (Å²) in [6.07, 6.45) is 1.42. The average molecular weight is 419 g/mol. The second-order valence-electron chi connectivity index (χ2n) is 7.41. The van der Waals surface area contributed by atoms with Crippen LogP contribution in [0.5, 0.6) is 11.5 Å². The maximum absolute atomic E-state index is 12.6. The van der Waals surface area contributed by atoms with Gasteiger partial charge in [-0.05, 0) is 31.9 Å². The number of anilines is 1. The van der Waals surface area contributed by atoms with Crippen LogP contribution >= 0.6 is 0 Å². The Kier molecular flexibility index (Phi) is 7.02. The lowest BCUT2D eigenvalue weighted by atomic mass is 9.97. The van der Waals surface area contributed by atoms with Gasteiger partial charge in [-0.15, -0.1) is 0 Å². The number of amides is 3. The Bertz CT molecular complexity index is 791. The van der Waals surface area contributed by atoms with Crippen molar-refractivity contribution in [2.45, 2.75) is 32.2 Å². The van der Waals surface area contributed by atoms with E-state index in [9.17, 15) is 14.4 Å². The molecule has 1 aromatic rings. The molecule has 30 heavy (non-hydrogen) atoms. The summed E-state index contributed by atoms with van der Waals surface area (Å²) in [6, 6.07) is 4.82. The van der Waals surface area contributed by atoms with Gasteiger partial charge in [0.2, 0.25) is 5.91 Å². The van der Waals surface area contributed by atoms with Crippen molar-refractivity contribution in [1.82, 2.24) is 10.2 Å². The highest BCUT2D eigenvalue weighted by Crippen LogP contribution is 2.33. The molecule has 1 atom stereocenters. The van der Waals surface area contributed by atoms with E-state index >= 15 is 0 Å². The minimum atomic E-state index is -0.277. The number of urea groups is 1. The molecule has 2 aliphatic rings. The van der Waals surface area contributed by atoms with E-state index in [4.69, 9.17) is 14.2 Å². The molecule has 3 amide bonds. The Labute approximate surface area is 176 Å². The fourth-order valence-corrected chi connectivity index (χ4v) is 3.89. The number of carbonyl (C=O) groups excluding carboxylic acids is 3. The van der Waals surface area contributed by atoms with E-state index in [2.05, 4.69) is 5.32 Å². The quantitative estimate of drug-likeness (QED) is 0.706. The minimum Gasteiger partial charge on any atom is -0.493 e. The average Bonchev–Trinajstić information content (AvgIpc) is 3.13. The van der Waals surface area contributed by atoms with Gasteiger partial charge in [0.25, 0.3) is 0 Å². The number of hydrogen-bond donors (Lipinski definition) is 1. The summed E-state index contributed by atoms with van der Waals surface area (Å²) in [5.74, 6) is 0.726. The summed E-state index contributed by atoms with van der Waals surface area (Å²) in [5.41, 5.74) is 0.699. The molecule has 2 fully saturated rings. The normalized spacial score (nSPS) is 19.6. The zero-order chi connectivity index (χ0) is 21.7. The lowest BCUT2D eigenvalue weighted by Gasteiger charge is -2.31. The molecule has 9 heteroatoms. The molecule has 2 heterocycles. The monoisotopic (exact) mass is 419 g/mol. The van der Waals surface area contributed by atoms with Crippen LogP contribution < -0.4 is 19.7 Å². The van der Waals surface area contributed by atoms with Gasteiger partial charge in [0.1, 0.15) is 0 Å². The first-order chi connectivity index (χ1) is 14.5. The molecule has 1 N–H and O–H groups in total. The lowest BCUT2D eigenvalue weighted by Crippen LogP contribution is -2.49. The van der Waals surface area contributed by atoms with Crippen molar-refractivity contribution in [2.75, 3.05) is 45.4 Å². The highest BCUT2D eigenvalue weighted by Gasteiger charge is 2.34. The van der Waals surface area contributed by atoms with Gasteiger partial charge in [-0.2, -0.15) is 0 Å². The van der Waals surface area contributed by atoms with Crippen molar-refractivity contribution in [3.8, 4) is 11.5 Å². The van der Waals surface area contributed by atoms with Crippen LogP contribution in [0.1, 0.15) is 26.2 Å². The van der Waals surface area contributed by atoms with Crippen LogP contribution in [0.25, 0.3) is 0 Å². The minimum absolute atomic E-state index is 0.0615. The number of likely N-dealkylation sites (tertiary alicyclic amines) is 1. The maximum Gasteiger partial charge on any atom is 0.317 e. The number of carbonyl (C=O) groups is 3. The van der Waals surface area contributed by atoms with Crippen LogP contribution in [-0.2, 0) is 14.3 Å². The number of piperidine rings is 1. The Morgan fingerprint density at radius 3 is 2.47 bits per heavy atom. The predicted molar refractivity (Wildman–Crippen MR) is 110 cm³/mol. The van der Waals surface area contributed by atoms with Crippen molar-refractivity contribution >= 4 is 23.6 Å². The van der Waals surface area contributed by atoms with Crippen LogP contribution in [0, 0.1) is 5.92 Å². The van der Waals surface area contributed by atoms with Gasteiger partial charge in [-0.3, -0.25) is 9.59 Å². The third kappa shape index (κ3) is 4.77. The van der Waals surface area contributed by atoms with Gasteiger partial charge in [0.15, 0.2) is 11.5 Å². The van der Waals surface area contributed by atoms with E-state index in [0.717, 1.165) is 0 Å². The van der Waals surface area contributed by atoms with E-state index in [0.29, 0.717) is 56.3 Å². The smallest absolute Gasteiger partial charge is 0.317 e. The molecular weight excluding hydrogens is 390 g/mol. The number of nitrogens with zero attached hydrogens (tertiary/aromatic N) is 2. The van der Waals surface area contributed by atoms with Crippen LogP contribution in [0.15, 0.2) is 18.2 Å². The fourth-order valence-electron chi connectivity index (χ4n) is 3.89. The third-order valence-corrected chi connectivity index (χ3v) is 5.53. The summed E-state index contributed by atoms with van der Waals surface area (Å²) in [7, 11) is 3.10. The largest absolute Gasteiger partial charge is 0.493 e. The van der Waals surface area contributed by atoms with Crippen LogP contribution in [0.2, 0.25) is 0 Å². The van der Waals surface area contributed by atoms with E-state index in [1.807, 2.05) is 0 Å². The van der Waals surface area contributed by atoms with Gasteiger partial charge < -0.3 is 29.3 Å². The molecule has 0 aliphatic carbocycles. The number of rotatable bonds is 6. The van der Waals surface area contributed by atoms with E-state index < -0.39 is 0 Å². The molecule has 9 nitrogen and oxygen atoms in total. The number of benzene rings is 1. The summed E-state index contributed by atoms with van der Waals surface area (Å²) in [4.78, 5) is 40.3. The van der Waals surface area contributed by atoms with Gasteiger partial charge in [-0.25, -0.2) is 4.79 Å². The van der Waals surface area contributed by atoms with E-state index in [1.54, 1.807) is 49.1 Å². The number of nitrogens with one attached hydrogen (secondary N) is 1. The number of ether oxygens (including phenoxy) is 3. The Morgan fingerprint density at radius 2 is 1.83 bits per heavy atom. The number of methoxy groups -OCH3 is 2. The van der Waals surface area contributed by atoms with Crippen LogP contribution in [0.4, 0.5) is 10.5 Å². The Balaban J connectivity index is 1.55. The second-order valence-corrected chi connectivity index (χ2v) is 7.41. The molecule has 0 saturated carbocycles. The first-order valence-electron chi connectivity index (χ1n) is 10.2. The first kappa shape index (κ1) is 21.7. The Hall–Kier alpha value is -2.97. The standard InChI is InChI=1S/C21H29N3O6/c1-4-30-20(26)14-7-9-23(10-8-14)21(27)22-15-11-19(25)24(13-15)16-5-6-17(28-2)18(12-16)29-3/h5-6,12,14-15H,4,7-11,13H2,1-3H3,(H,22,27). The van der Waals surface area contributed by atoms with Crippen molar-refractivity contribution in [3.05, 3.63) is 18.2 Å². The zero-order valence-corrected chi connectivity index (χ0v) is 17.7. The topological polar surface area (TPSA) is 97.4 Å². The van der Waals surface area contributed by atoms with Gasteiger partial charge >= 0.3 is 12.0 Å². The van der Waals surface area contributed by atoms with Crippen LogP contribution in [-0.4, -0.2) is 69.3 Å². The van der Waals surface area contributed by atoms with E-state index in [1.165, 1.54) is 0 Å². The molecule has 2 aliphatic heterocycles. The van der Waals surface area contributed by atoms with Gasteiger partial charge in [0, 0.05) is 37.8 Å². The zero-order valence-electron chi connectivity index (χ0n) is 17.7. The summed E-state index contributed by atoms with van der Waals surface area (Å²) in [6.45, 7) is 3.53. The highest BCUT2D eigenvalue weighted by molar-refractivity contribution is 5.97. The maximum atomic E-state index is 12.6. The summed E-state index contributed by atoms with van der Waals surface area (Å²) < 4.78 is 15.6. The lowest BCUT2D eigenvalue weighted by molar-refractivity contribution is -0.149. The SMILES string of the molecule is CCOC(=O)C1CCN(C(=O)NC2CC(=O)N(c3ccc(OC)c(OC)c3)C2)CC1. The predicted octanol–water partition coefficient (Wildman–Crippen LogP) is 1.79. The molecule has 1 unspecified atom stereocenters. The molecular formula is C21H29N3O6. The van der Waals surface area contributed by atoms with Crippen molar-refractivity contribution < 1.29 is 28.6 Å². The molecule has 2 saturated heterocycles. The van der Waals surface area contributed by atoms with Crippen molar-refractivity contribution in [1.29, 1.82) is 0 Å². The number of hydrogen-bond acceptors (Lipinski definition) is 6. The number of esters is 1.